The van der Waals surface area contributed by atoms with Crippen molar-refractivity contribution in [3.8, 4) is 23.0 Å². The molecule has 1 fully saturated rings. The third-order valence-electron chi connectivity index (χ3n) is 5.90. The molecule has 16 heteroatoms. The number of aromatic nitrogens is 2. The van der Waals surface area contributed by atoms with Gasteiger partial charge in [0.25, 0.3) is 6.43 Å². The highest BCUT2D eigenvalue weighted by molar-refractivity contribution is 7.49. The van der Waals surface area contributed by atoms with E-state index in [1.165, 1.54) is 62.8 Å². The molecule has 1 aliphatic heterocycles. The van der Waals surface area contributed by atoms with Gasteiger partial charge in [-0.05, 0) is 54.6 Å². The molecule has 3 N–H and O–H groups in total. The normalized spacial score (nSPS) is 22.7. The Morgan fingerprint density at radius 3 is 1.98 bits per heavy atom. The summed E-state index contributed by atoms with van der Waals surface area (Å²) in [7, 11) is -2.00. The molecule has 4 unspecified atom stereocenters. The van der Waals surface area contributed by atoms with Crippen molar-refractivity contribution in [1.29, 1.82) is 0 Å². The van der Waals surface area contributed by atoms with Gasteiger partial charge < -0.3 is 34.1 Å². The van der Waals surface area contributed by atoms with E-state index in [1.54, 1.807) is 0 Å². The zero-order valence-corrected chi connectivity index (χ0v) is 22.0. The van der Waals surface area contributed by atoms with Crippen molar-refractivity contribution in [2.45, 2.75) is 30.5 Å². The number of methoxy groups -OCH3 is 2. The fourth-order valence-electron chi connectivity index (χ4n) is 3.77. The number of phosphoric acid groups is 1. The van der Waals surface area contributed by atoms with Crippen LogP contribution in [0.2, 0.25) is 0 Å². The Kier molecular flexibility index (Phi) is 8.59. The van der Waals surface area contributed by atoms with Crippen molar-refractivity contribution in [1.82, 2.24) is 9.55 Å². The highest BCUT2D eigenvalue weighted by Crippen LogP contribution is 2.53. The molecule has 40 heavy (non-hydrogen) atoms. The Balaban J connectivity index is 1.64. The third kappa shape index (κ3) is 6.02. The van der Waals surface area contributed by atoms with E-state index in [-0.39, 0.29) is 17.3 Å². The van der Waals surface area contributed by atoms with Crippen LogP contribution in [0.1, 0.15) is 6.23 Å². The molecule has 0 amide bonds. The van der Waals surface area contributed by atoms with Gasteiger partial charge in [0.05, 0.1) is 20.8 Å². The molecule has 1 saturated heterocycles. The Labute approximate surface area is 225 Å². The topological polar surface area (TPSA) is 154 Å². The monoisotopic (exact) mass is 587 g/mol. The lowest BCUT2D eigenvalue weighted by Crippen LogP contribution is -2.50. The van der Waals surface area contributed by atoms with E-state index in [0.29, 0.717) is 16.1 Å². The first kappa shape index (κ1) is 29.2. The van der Waals surface area contributed by atoms with E-state index >= 15 is 4.39 Å². The fourth-order valence-corrected chi connectivity index (χ4v) is 5.03. The van der Waals surface area contributed by atoms with Crippen molar-refractivity contribution in [2.75, 3.05) is 26.6 Å². The zero-order valence-electron chi connectivity index (χ0n) is 21.1. The number of nitrogen functional groups attached to an aromatic ring is 1. The molecule has 2 aromatic carbocycles. The molecule has 4 atom stereocenters. The Morgan fingerprint density at radius 2 is 1.52 bits per heavy atom. The summed E-state index contributed by atoms with van der Waals surface area (Å²) >= 11 is 0. The number of nitrogens with zero attached hydrogens (tertiary/aromatic N) is 2. The van der Waals surface area contributed by atoms with Crippen LogP contribution in [-0.2, 0) is 13.8 Å². The summed E-state index contributed by atoms with van der Waals surface area (Å²) in [5.74, 6) is 0.544. The van der Waals surface area contributed by atoms with Crippen LogP contribution in [0.4, 0.5) is 19.0 Å². The number of phosphoric ester groups is 1. The number of halogens is 3. The van der Waals surface area contributed by atoms with E-state index in [9.17, 15) is 23.2 Å². The van der Waals surface area contributed by atoms with E-state index in [1.807, 2.05) is 0 Å². The molecule has 0 saturated carbocycles. The summed E-state index contributed by atoms with van der Waals surface area (Å²) in [6.45, 7) is -1.42. The molecule has 4 rings (SSSR count). The number of benzene rings is 2. The van der Waals surface area contributed by atoms with Gasteiger partial charge >= 0.3 is 13.5 Å². The van der Waals surface area contributed by atoms with Gasteiger partial charge in [-0.1, -0.05) is 0 Å². The number of ether oxygens (including phenoxy) is 3. The van der Waals surface area contributed by atoms with Gasteiger partial charge in [0.1, 0.15) is 34.9 Å². The molecule has 12 nitrogen and oxygen atoms in total. The quantitative estimate of drug-likeness (QED) is 0.318. The van der Waals surface area contributed by atoms with Crippen molar-refractivity contribution in [2.24, 2.45) is 0 Å². The SMILES string of the molecule is COc1ccc(OP(=O)(OCC2(C(F)F)OC(n3ccc(N)nc3=O)C(O)C2F)Oc2ccc(OC)cc2)cc1. The lowest BCUT2D eigenvalue weighted by molar-refractivity contribution is -0.184. The van der Waals surface area contributed by atoms with Crippen LogP contribution in [0, 0.1) is 0 Å². The smallest absolute Gasteiger partial charge is 0.497 e. The standard InChI is InChI=1S/C24H25F3N3O9P/c1-34-14-3-7-16(8-4-14)38-40(33,39-17-9-5-15(35-2)6-10-17)36-13-24(22(26)27)20(25)19(31)21(37-24)30-12-11-18(28)29-23(30)32/h3-12,19-22,31H,13H2,1-2H3,(H2,28,29,32). The van der Waals surface area contributed by atoms with Crippen molar-refractivity contribution in [3.05, 3.63) is 71.3 Å². The van der Waals surface area contributed by atoms with E-state index in [2.05, 4.69) is 4.98 Å². The van der Waals surface area contributed by atoms with Gasteiger partial charge in [0, 0.05) is 6.20 Å². The van der Waals surface area contributed by atoms with Gasteiger partial charge in [-0.15, -0.1) is 0 Å². The molecular weight excluding hydrogens is 562 g/mol. The molecule has 3 aromatic rings. The Morgan fingerprint density at radius 1 is 1.02 bits per heavy atom. The minimum absolute atomic E-state index is 0.0645. The summed E-state index contributed by atoms with van der Waals surface area (Å²) in [5.41, 5.74) is 1.16. The average Bonchev–Trinajstić information content (AvgIpc) is 3.19. The first-order chi connectivity index (χ1) is 19.0. The van der Waals surface area contributed by atoms with E-state index < -0.39 is 50.6 Å². The van der Waals surface area contributed by atoms with Crippen LogP contribution in [0.3, 0.4) is 0 Å². The van der Waals surface area contributed by atoms with Gasteiger partial charge in [-0.3, -0.25) is 9.09 Å². The average molecular weight is 587 g/mol. The molecule has 0 aliphatic carbocycles. The number of aliphatic hydroxyl groups is 1. The van der Waals surface area contributed by atoms with Crippen molar-refractivity contribution in [3.63, 3.8) is 0 Å². The first-order valence-corrected chi connectivity index (χ1v) is 13.0. The molecule has 2 heterocycles. The van der Waals surface area contributed by atoms with E-state index in [0.717, 1.165) is 12.3 Å². The minimum atomic E-state index is -4.84. The summed E-state index contributed by atoms with van der Waals surface area (Å²) in [6.07, 6.45) is -9.63. The van der Waals surface area contributed by atoms with Crippen LogP contribution in [0.15, 0.2) is 65.6 Å². The lowest BCUT2D eigenvalue weighted by Gasteiger charge is -2.30. The molecule has 0 radical (unpaired) electrons. The second-order valence-electron chi connectivity index (χ2n) is 8.45. The maximum Gasteiger partial charge on any atom is 0.587 e. The van der Waals surface area contributed by atoms with Crippen LogP contribution < -0.4 is 29.9 Å². The van der Waals surface area contributed by atoms with Crippen LogP contribution >= 0.6 is 7.82 Å². The second kappa shape index (κ2) is 11.8. The largest absolute Gasteiger partial charge is 0.587 e. The first-order valence-electron chi connectivity index (χ1n) is 11.5. The highest BCUT2D eigenvalue weighted by Gasteiger charge is 2.63. The summed E-state index contributed by atoms with van der Waals surface area (Å²) in [4.78, 5) is 15.6. The number of alkyl halides is 3. The maximum absolute atomic E-state index is 15.3. The third-order valence-corrected chi connectivity index (χ3v) is 7.21. The number of nitrogens with two attached hydrogens (primary N) is 1. The van der Waals surface area contributed by atoms with E-state index in [4.69, 9.17) is 33.5 Å². The molecule has 0 bridgehead atoms. The van der Waals surface area contributed by atoms with Crippen molar-refractivity contribution < 1.29 is 50.6 Å². The molecular formula is C24H25F3N3O9P. The Hall–Kier alpha value is -3.78. The van der Waals surface area contributed by atoms with Gasteiger partial charge in [-0.25, -0.2) is 22.5 Å². The molecule has 0 spiro atoms. The van der Waals surface area contributed by atoms with Gasteiger partial charge in [-0.2, -0.15) is 4.98 Å². The summed E-state index contributed by atoms with van der Waals surface area (Å²) in [6, 6.07) is 12.4. The molecule has 216 valence electrons. The predicted octanol–water partition coefficient (Wildman–Crippen LogP) is 3.36. The van der Waals surface area contributed by atoms with Crippen LogP contribution in [0.25, 0.3) is 0 Å². The number of hydrogen-bond donors (Lipinski definition) is 2. The number of hydrogen-bond acceptors (Lipinski definition) is 11. The second-order valence-corrected chi connectivity index (χ2v) is 9.97. The fraction of sp³-hybridized carbons (Fsp3) is 0.333. The molecule has 1 aliphatic rings. The molecule has 1 aromatic heterocycles. The maximum atomic E-state index is 15.3. The minimum Gasteiger partial charge on any atom is -0.497 e. The van der Waals surface area contributed by atoms with Crippen molar-refractivity contribution >= 4 is 13.6 Å². The summed E-state index contributed by atoms with van der Waals surface area (Å²) in [5, 5.41) is 10.4. The van der Waals surface area contributed by atoms with Crippen LogP contribution in [-0.4, -0.2) is 59.8 Å². The van der Waals surface area contributed by atoms with Gasteiger partial charge in [0.2, 0.25) is 0 Å². The highest BCUT2D eigenvalue weighted by atomic mass is 31.2. The lowest BCUT2D eigenvalue weighted by atomic mass is 9.98. The Bertz CT molecular complexity index is 1360. The summed E-state index contributed by atoms with van der Waals surface area (Å²) < 4.78 is 89.8. The number of aliphatic hydroxyl groups excluding tert-OH is 1. The number of rotatable bonds is 11. The van der Waals surface area contributed by atoms with Crippen LogP contribution in [0.5, 0.6) is 23.0 Å². The zero-order chi connectivity index (χ0) is 29.1. The number of anilines is 1. The predicted molar refractivity (Wildman–Crippen MR) is 133 cm³/mol. The van der Waals surface area contributed by atoms with Gasteiger partial charge in [0.15, 0.2) is 18.0 Å².